The highest BCUT2D eigenvalue weighted by molar-refractivity contribution is 6.67. The van der Waals surface area contributed by atoms with Crippen LogP contribution in [-0.2, 0) is 8.85 Å². The van der Waals surface area contributed by atoms with Crippen LogP contribution in [0.3, 0.4) is 0 Å². The second-order valence-corrected chi connectivity index (χ2v) is 6.89. The molecule has 2 unspecified atom stereocenters. The van der Waals surface area contributed by atoms with Gasteiger partial charge in [-0.05, 0) is 19.9 Å². The molecule has 0 spiro atoms. The molecule has 0 amide bonds. The molecule has 2 atom stereocenters. The lowest BCUT2D eigenvalue weighted by molar-refractivity contribution is 0.229. The Bertz CT molecular complexity index is 126. The molecule has 0 radical (unpaired) electrons. The molecular formula is C8H21NO2Si. The monoisotopic (exact) mass is 191 g/mol. The van der Waals surface area contributed by atoms with Crippen molar-refractivity contribution < 1.29 is 8.85 Å². The van der Waals surface area contributed by atoms with Crippen molar-refractivity contribution in [2.24, 2.45) is 5.73 Å². The quantitative estimate of drug-likeness (QED) is 0.669. The standard InChI is InChI=1S/C8H21NO2Si/c1-6-8(7(2)9)12(5,10-3)11-4/h7-8H,6,9H2,1-5H3. The molecule has 0 aromatic rings. The third-order valence-corrected chi connectivity index (χ3v) is 6.46. The molecule has 0 bridgehead atoms. The van der Waals surface area contributed by atoms with Gasteiger partial charge in [-0.15, -0.1) is 0 Å². The molecule has 74 valence electrons. The fraction of sp³-hybridized carbons (Fsp3) is 1.00. The van der Waals surface area contributed by atoms with Gasteiger partial charge in [0.1, 0.15) is 0 Å². The predicted octanol–water partition coefficient (Wildman–Crippen LogP) is 1.48. The van der Waals surface area contributed by atoms with E-state index in [1.807, 2.05) is 6.92 Å². The van der Waals surface area contributed by atoms with Crippen LogP contribution in [0.5, 0.6) is 0 Å². The minimum Gasteiger partial charge on any atom is -0.398 e. The van der Waals surface area contributed by atoms with Gasteiger partial charge < -0.3 is 14.6 Å². The molecule has 0 fully saturated rings. The summed E-state index contributed by atoms with van der Waals surface area (Å²) in [5, 5.41) is 0. The van der Waals surface area contributed by atoms with Gasteiger partial charge >= 0.3 is 8.56 Å². The van der Waals surface area contributed by atoms with E-state index >= 15 is 0 Å². The zero-order valence-corrected chi connectivity index (χ0v) is 9.76. The van der Waals surface area contributed by atoms with Crippen LogP contribution < -0.4 is 5.73 Å². The average molecular weight is 191 g/mol. The maximum atomic E-state index is 5.86. The number of hydrogen-bond acceptors (Lipinski definition) is 3. The summed E-state index contributed by atoms with van der Waals surface area (Å²) in [6, 6.07) is 0.145. The van der Waals surface area contributed by atoms with Crippen molar-refractivity contribution >= 4 is 8.56 Å². The van der Waals surface area contributed by atoms with Crippen LogP contribution >= 0.6 is 0 Å². The summed E-state index contributed by atoms with van der Waals surface area (Å²) in [4.78, 5) is 0. The predicted molar refractivity (Wildman–Crippen MR) is 53.3 cm³/mol. The number of rotatable bonds is 5. The van der Waals surface area contributed by atoms with Crippen LogP contribution in [0.2, 0.25) is 12.1 Å². The van der Waals surface area contributed by atoms with Gasteiger partial charge in [0.15, 0.2) is 0 Å². The average Bonchev–Trinajstić information content (AvgIpc) is 2.04. The molecule has 0 aliphatic carbocycles. The molecule has 0 aliphatic heterocycles. The summed E-state index contributed by atoms with van der Waals surface area (Å²) in [7, 11) is 1.40. The van der Waals surface area contributed by atoms with Crippen LogP contribution in [0.15, 0.2) is 0 Å². The van der Waals surface area contributed by atoms with Crippen LogP contribution in [0, 0.1) is 0 Å². The van der Waals surface area contributed by atoms with Crippen molar-refractivity contribution in [2.45, 2.75) is 38.4 Å². The SMILES string of the molecule is CCC(C(C)N)[Si](C)(OC)OC. The third-order valence-electron chi connectivity index (χ3n) is 2.56. The van der Waals surface area contributed by atoms with E-state index in [1.54, 1.807) is 14.2 Å². The first-order chi connectivity index (χ1) is 5.51. The van der Waals surface area contributed by atoms with Gasteiger partial charge in [-0.3, -0.25) is 0 Å². The Kier molecular flexibility index (Phi) is 5.00. The fourth-order valence-corrected chi connectivity index (χ4v) is 4.08. The molecule has 0 aromatic heterocycles. The Morgan fingerprint density at radius 1 is 1.33 bits per heavy atom. The lowest BCUT2D eigenvalue weighted by atomic mass is 10.2. The van der Waals surface area contributed by atoms with Gasteiger partial charge in [0, 0.05) is 25.8 Å². The van der Waals surface area contributed by atoms with Crippen molar-refractivity contribution in [3.05, 3.63) is 0 Å². The first kappa shape index (κ1) is 12.1. The zero-order chi connectivity index (χ0) is 9.78. The van der Waals surface area contributed by atoms with Crippen LogP contribution in [-0.4, -0.2) is 28.8 Å². The topological polar surface area (TPSA) is 44.5 Å². The van der Waals surface area contributed by atoms with Gasteiger partial charge in [-0.2, -0.15) is 0 Å². The van der Waals surface area contributed by atoms with Crippen LogP contribution in [0.1, 0.15) is 20.3 Å². The molecule has 2 N–H and O–H groups in total. The highest BCUT2D eigenvalue weighted by atomic mass is 28.4. The smallest absolute Gasteiger partial charge is 0.339 e. The summed E-state index contributed by atoms with van der Waals surface area (Å²) in [6.45, 7) is 6.19. The first-order valence-electron chi connectivity index (χ1n) is 4.37. The van der Waals surface area contributed by atoms with Gasteiger partial charge in [0.05, 0.1) is 0 Å². The summed E-state index contributed by atoms with van der Waals surface area (Å²) in [5.41, 5.74) is 6.23. The van der Waals surface area contributed by atoms with Gasteiger partial charge in [-0.25, -0.2) is 0 Å². The molecule has 0 aromatic carbocycles. The van der Waals surface area contributed by atoms with Crippen molar-refractivity contribution in [1.82, 2.24) is 0 Å². The van der Waals surface area contributed by atoms with Crippen molar-refractivity contribution in [2.75, 3.05) is 14.2 Å². The van der Waals surface area contributed by atoms with Crippen molar-refractivity contribution in [3.63, 3.8) is 0 Å². The highest BCUT2D eigenvalue weighted by Crippen LogP contribution is 2.28. The number of hydrogen-bond donors (Lipinski definition) is 1. The Balaban J connectivity index is 4.43. The Morgan fingerprint density at radius 3 is 1.83 bits per heavy atom. The molecule has 0 aliphatic rings. The highest BCUT2D eigenvalue weighted by Gasteiger charge is 2.40. The Morgan fingerprint density at radius 2 is 1.75 bits per heavy atom. The van der Waals surface area contributed by atoms with Crippen LogP contribution in [0.25, 0.3) is 0 Å². The van der Waals surface area contributed by atoms with E-state index in [9.17, 15) is 0 Å². The minimum absolute atomic E-state index is 0.145. The largest absolute Gasteiger partial charge is 0.398 e. The second-order valence-electron chi connectivity index (χ2n) is 3.30. The Labute approximate surface area is 76.5 Å². The first-order valence-corrected chi connectivity index (χ1v) is 6.77. The molecule has 4 heteroatoms. The normalized spacial score (nSPS) is 17.5. The van der Waals surface area contributed by atoms with E-state index in [-0.39, 0.29) is 6.04 Å². The van der Waals surface area contributed by atoms with Crippen molar-refractivity contribution in [3.8, 4) is 0 Å². The summed E-state index contributed by atoms with van der Waals surface area (Å²) in [5.74, 6) is 0. The second kappa shape index (κ2) is 4.96. The lowest BCUT2D eigenvalue weighted by Crippen LogP contribution is -2.47. The maximum Gasteiger partial charge on any atom is 0.339 e. The fourth-order valence-electron chi connectivity index (χ4n) is 1.61. The summed E-state index contributed by atoms with van der Waals surface area (Å²) < 4.78 is 10.9. The molecule has 12 heavy (non-hydrogen) atoms. The van der Waals surface area contributed by atoms with Gasteiger partial charge in [0.25, 0.3) is 0 Å². The third kappa shape index (κ3) is 2.55. The number of nitrogens with two attached hydrogens (primary N) is 1. The van der Waals surface area contributed by atoms with Crippen LogP contribution in [0.4, 0.5) is 0 Å². The van der Waals surface area contributed by atoms with E-state index in [0.717, 1.165) is 6.42 Å². The lowest BCUT2D eigenvalue weighted by Gasteiger charge is -2.33. The minimum atomic E-state index is -2.01. The van der Waals surface area contributed by atoms with Crippen molar-refractivity contribution in [1.29, 1.82) is 0 Å². The summed E-state index contributed by atoms with van der Waals surface area (Å²) in [6.07, 6.45) is 1.02. The molecule has 0 saturated heterocycles. The van der Waals surface area contributed by atoms with Gasteiger partial charge in [-0.1, -0.05) is 6.92 Å². The Hall–Kier alpha value is 0.0969. The molecule has 0 rings (SSSR count). The summed E-state index contributed by atoms with van der Waals surface area (Å²) >= 11 is 0. The molecular weight excluding hydrogens is 170 g/mol. The molecule has 3 nitrogen and oxygen atoms in total. The van der Waals surface area contributed by atoms with Gasteiger partial charge in [0.2, 0.25) is 0 Å². The zero-order valence-electron chi connectivity index (χ0n) is 8.76. The van der Waals surface area contributed by atoms with E-state index in [2.05, 4.69) is 13.5 Å². The molecule has 0 heterocycles. The molecule has 0 saturated carbocycles. The van der Waals surface area contributed by atoms with E-state index in [0.29, 0.717) is 5.54 Å². The van der Waals surface area contributed by atoms with E-state index < -0.39 is 8.56 Å². The van der Waals surface area contributed by atoms with E-state index in [1.165, 1.54) is 0 Å². The van der Waals surface area contributed by atoms with E-state index in [4.69, 9.17) is 14.6 Å². The maximum absolute atomic E-state index is 5.86.